The van der Waals surface area contributed by atoms with E-state index in [0.717, 1.165) is 17.4 Å². The van der Waals surface area contributed by atoms with Crippen molar-refractivity contribution < 1.29 is 73.7 Å². The van der Waals surface area contributed by atoms with Crippen molar-refractivity contribution in [3.05, 3.63) is 53.3 Å². The molecule has 3 rings (SSSR count). The van der Waals surface area contributed by atoms with Crippen LogP contribution < -0.4 is 0 Å². The van der Waals surface area contributed by atoms with Crippen LogP contribution in [0.3, 0.4) is 0 Å². The molecule has 0 fully saturated rings. The summed E-state index contributed by atoms with van der Waals surface area (Å²) >= 11 is 1.06. The molecule has 0 saturated heterocycles. The summed E-state index contributed by atoms with van der Waals surface area (Å²) in [7, 11) is 0. The van der Waals surface area contributed by atoms with Gasteiger partial charge in [-0.1, -0.05) is 6.07 Å². The summed E-state index contributed by atoms with van der Waals surface area (Å²) in [5.41, 5.74) is 1.23. The van der Waals surface area contributed by atoms with Crippen LogP contribution in [0.1, 0.15) is 21.7 Å². The van der Waals surface area contributed by atoms with Crippen molar-refractivity contribution in [1.29, 1.82) is 0 Å². The first kappa shape index (κ1) is 28.5. The van der Waals surface area contributed by atoms with Gasteiger partial charge in [-0.3, -0.25) is 24.3 Å². The number of pyridine rings is 1. The molecular formula is C21H22N2O8V2. The fraction of sp³-hybridized carbons (Fsp3) is 0.333. The second-order valence-electron chi connectivity index (χ2n) is 6.82. The Bertz CT molecular complexity index is 934. The molecule has 0 spiro atoms. The van der Waals surface area contributed by atoms with Crippen LogP contribution in [0.25, 0.3) is 0 Å². The van der Waals surface area contributed by atoms with Crippen molar-refractivity contribution in [3.63, 3.8) is 0 Å². The quantitative estimate of drug-likeness (QED) is 0.330. The van der Waals surface area contributed by atoms with Gasteiger partial charge in [-0.15, -0.1) is 0 Å². The number of fused-ring (bicyclic) bond motifs is 2. The minimum Gasteiger partial charge on any atom is 0 e. The zero-order valence-electron chi connectivity index (χ0n) is 17.5. The van der Waals surface area contributed by atoms with Crippen LogP contribution in [0.15, 0.2) is 36.4 Å². The Kier molecular flexibility index (Phi) is 12.6. The molecule has 12 heteroatoms. The summed E-state index contributed by atoms with van der Waals surface area (Å²) in [6.45, 7) is 0.584. The number of aromatic nitrogens is 1. The number of ether oxygens (including phenoxy) is 2. The number of phenols is 2. The number of aromatic hydroxyl groups is 2. The number of esters is 2. The molecule has 10 nitrogen and oxygen atoms in total. The van der Waals surface area contributed by atoms with Crippen LogP contribution in [0.2, 0.25) is 0 Å². The van der Waals surface area contributed by atoms with Crippen LogP contribution in [0.4, 0.5) is 0 Å². The number of hydrogen-bond donors (Lipinski definition) is 2. The average Bonchev–Trinajstić information content (AvgIpc) is 2.76. The van der Waals surface area contributed by atoms with E-state index in [1.807, 2.05) is 0 Å². The first-order valence-electron chi connectivity index (χ1n) is 9.62. The molecule has 2 aromatic rings. The van der Waals surface area contributed by atoms with E-state index in [9.17, 15) is 24.6 Å². The predicted octanol–water partition coefficient (Wildman–Crippen LogP) is 0.739. The van der Waals surface area contributed by atoms with E-state index in [-0.39, 0.29) is 87.1 Å². The standard InChI is InChI=1S/C21H22N2O7.O.2V/c24-17-5-4-14(10-18(17)25)19(26)13-23-6-8-29-20(27)11-15-2-1-3-16(22-15)12-21(28)30-9-7-23;;;/h1-5,10,24-25H,6-9,11-13H2;;;. The zero-order valence-corrected chi connectivity index (χ0v) is 20.3. The Morgan fingerprint density at radius 3 is 2.00 bits per heavy atom. The molecule has 1 aliphatic heterocycles. The number of cyclic esters (lactones) is 2. The van der Waals surface area contributed by atoms with Gasteiger partial charge in [0.2, 0.25) is 0 Å². The van der Waals surface area contributed by atoms with Crippen LogP contribution >= 0.6 is 0 Å². The molecule has 0 saturated carbocycles. The number of ketones is 1. The minimum atomic E-state index is -0.450. The molecule has 1 aromatic heterocycles. The molecule has 2 N–H and O–H groups in total. The number of nitrogens with zero attached hydrogens (tertiary/aromatic N) is 2. The second kappa shape index (κ2) is 14.6. The van der Waals surface area contributed by atoms with E-state index >= 15 is 0 Å². The molecule has 0 atom stereocenters. The van der Waals surface area contributed by atoms with E-state index < -0.39 is 11.9 Å². The van der Waals surface area contributed by atoms with Gasteiger partial charge in [-0.05, 0) is 30.3 Å². The summed E-state index contributed by atoms with van der Waals surface area (Å²) in [5.74, 6) is -1.91. The Balaban J connectivity index is 0.00000177. The average molecular weight is 532 g/mol. The number of phenolic OH excluding ortho intramolecular Hbond substituents is 2. The molecule has 0 amide bonds. The Morgan fingerprint density at radius 2 is 1.48 bits per heavy atom. The summed E-state index contributed by atoms with van der Waals surface area (Å²) in [6, 6.07) is 8.90. The number of carbonyl (C=O) groups is 3. The van der Waals surface area contributed by atoms with Gasteiger partial charge in [0.25, 0.3) is 0 Å². The van der Waals surface area contributed by atoms with E-state index in [1.54, 1.807) is 23.1 Å². The predicted molar refractivity (Wildman–Crippen MR) is 105 cm³/mol. The molecule has 0 unspecified atom stereocenters. The third-order valence-electron chi connectivity index (χ3n) is 4.52. The van der Waals surface area contributed by atoms with Crippen molar-refractivity contribution in [1.82, 2.24) is 9.88 Å². The maximum absolute atomic E-state index is 12.5. The van der Waals surface area contributed by atoms with Crippen molar-refractivity contribution in [2.75, 3.05) is 32.8 Å². The topological polar surface area (TPSA) is 143 Å². The van der Waals surface area contributed by atoms with Gasteiger partial charge in [0.05, 0.1) is 30.8 Å². The van der Waals surface area contributed by atoms with Gasteiger partial charge in [-0.25, -0.2) is 0 Å². The number of Topliss-reactive ketones (excluding diaryl/α,β-unsaturated/α-hetero) is 1. The molecule has 1 radical (unpaired) electrons. The van der Waals surface area contributed by atoms with Gasteiger partial charge in [0, 0.05) is 37.2 Å². The molecular weight excluding hydrogens is 510 g/mol. The van der Waals surface area contributed by atoms with Crippen molar-refractivity contribution in [3.8, 4) is 11.5 Å². The summed E-state index contributed by atoms with van der Waals surface area (Å²) in [5, 5.41) is 19.0. The SMILES string of the molecule is O=C1Cc2cccc(n2)CC(=O)OCCN(CC(=O)c2ccc(O)c(O)c2)CCO1.[O]=[V].[V]. The first-order chi connectivity index (χ1) is 15.4. The summed E-state index contributed by atoms with van der Waals surface area (Å²) < 4.78 is 18.7. The number of carbonyl (C=O) groups excluding carboxylic acids is 3. The van der Waals surface area contributed by atoms with E-state index in [1.165, 1.54) is 18.2 Å². The summed E-state index contributed by atoms with van der Waals surface area (Å²) in [4.78, 5) is 42.6. The molecule has 33 heavy (non-hydrogen) atoms. The van der Waals surface area contributed by atoms with Crippen molar-refractivity contribution in [2.45, 2.75) is 12.8 Å². The maximum atomic E-state index is 12.5. The molecule has 2 heterocycles. The Morgan fingerprint density at radius 1 is 0.939 bits per heavy atom. The summed E-state index contributed by atoms with van der Waals surface area (Å²) in [6.07, 6.45) is -0.0385. The van der Waals surface area contributed by atoms with Gasteiger partial charge in [0.15, 0.2) is 17.3 Å². The largest absolute Gasteiger partial charge is 0 e. The van der Waals surface area contributed by atoms with Crippen molar-refractivity contribution in [2.24, 2.45) is 0 Å². The minimum absolute atomic E-state index is 0. The van der Waals surface area contributed by atoms with Crippen LogP contribution in [-0.2, 0) is 71.5 Å². The van der Waals surface area contributed by atoms with Crippen LogP contribution in [-0.4, -0.2) is 70.7 Å². The van der Waals surface area contributed by atoms with Gasteiger partial charge >= 0.3 is 33.0 Å². The van der Waals surface area contributed by atoms with E-state index in [4.69, 9.17) is 13.1 Å². The van der Waals surface area contributed by atoms with Crippen molar-refractivity contribution >= 4 is 17.7 Å². The Hall–Kier alpha value is -2.49. The third-order valence-corrected chi connectivity index (χ3v) is 4.52. The molecule has 2 bridgehead atoms. The molecule has 1 aromatic carbocycles. The van der Waals surface area contributed by atoms with E-state index in [0.29, 0.717) is 11.4 Å². The number of rotatable bonds is 3. The Labute approximate surface area is 211 Å². The van der Waals surface area contributed by atoms with Crippen LogP contribution in [0.5, 0.6) is 11.5 Å². The fourth-order valence-electron chi connectivity index (χ4n) is 2.96. The molecule has 174 valence electrons. The zero-order chi connectivity index (χ0) is 23.5. The first-order valence-corrected chi connectivity index (χ1v) is 10.2. The number of benzene rings is 1. The molecule has 0 aliphatic carbocycles. The van der Waals surface area contributed by atoms with Gasteiger partial charge < -0.3 is 19.7 Å². The number of hydrogen-bond acceptors (Lipinski definition) is 10. The maximum Gasteiger partial charge on any atom is 0 e. The fourth-order valence-corrected chi connectivity index (χ4v) is 2.96. The third kappa shape index (κ3) is 9.49. The normalized spacial score (nSPS) is 14.9. The van der Waals surface area contributed by atoms with Crippen LogP contribution in [0, 0.1) is 0 Å². The van der Waals surface area contributed by atoms with Gasteiger partial charge in [0.1, 0.15) is 13.2 Å². The molecule has 1 aliphatic rings. The van der Waals surface area contributed by atoms with Gasteiger partial charge in [-0.2, -0.15) is 0 Å². The van der Waals surface area contributed by atoms with E-state index in [2.05, 4.69) is 4.98 Å². The monoisotopic (exact) mass is 532 g/mol. The second-order valence-corrected chi connectivity index (χ2v) is 6.82. The smallest absolute Gasteiger partial charge is 0 e.